The number of amides is 2. The Kier molecular flexibility index (Phi) is 3.97. The highest BCUT2D eigenvalue weighted by Gasteiger charge is 2.36. The maximum atomic E-state index is 12.7. The van der Waals surface area contributed by atoms with E-state index in [0.717, 1.165) is 22.4 Å². The second-order valence-corrected chi connectivity index (χ2v) is 6.15. The van der Waals surface area contributed by atoms with Crippen LogP contribution in [0.4, 0.5) is 5.69 Å². The molecule has 0 saturated carbocycles. The van der Waals surface area contributed by atoms with E-state index in [4.69, 9.17) is 0 Å². The van der Waals surface area contributed by atoms with Gasteiger partial charge < -0.3 is 5.32 Å². The molecule has 0 radical (unpaired) electrons. The molecule has 122 valence electrons. The minimum Gasteiger partial charge on any atom is -0.324 e. The van der Waals surface area contributed by atoms with Gasteiger partial charge in [0.15, 0.2) is 0 Å². The van der Waals surface area contributed by atoms with Gasteiger partial charge in [-0.15, -0.1) is 0 Å². The zero-order valence-electron chi connectivity index (χ0n) is 14.1. The van der Waals surface area contributed by atoms with Crippen LogP contribution in [0.5, 0.6) is 0 Å². The first-order chi connectivity index (χ1) is 11.4. The Balaban J connectivity index is 1.83. The van der Waals surface area contributed by atoms with Crippen LogP contribution >= 0.6 is 0 Å². The lowest BCUT2D eigenvalue weighted by Gasteiger charge is -2.25. The van der Waals surface area contributed by atoms with Crippen LogP contribution in [0, 0.1) is 13.8 Å². The zero-order chi connectivity index (χ0) is 17.4. The van der Waals surface area contributed by atoms with Crippen molar-refractivity contribution in [3.05, 3.63) is 71.3 Å². The van der Waals surface area contributed by atoms with Gasteiger partial charge in [-0.25, -0.2) is 0 Å². The molecule has 2 aromatic carbocycles. The summed E-state index contributed by atoms with van der Waals surface area (Å²) in [5.41, 5.74) is 4.76. The Bertz CT molecular complexity index is 819. The quantitative estimate of drug-likeness (QED) is 0.936. The van der Waals surface area contributed by atoms with Crippen molar-refractivity contribution in [3.63, 3.8) is 0 Å². The molecule has 3 rings (SSSR count). The first-order valence-corrected chi connectivity index (χ1v) is 7.90. The summed E-state index contributed by atoms with van der Waals surface area (Å²) in [7, 11) is 0. The van der Waals surface area contributed by atoms with Crippen molar-refractivity contribution in [2.45, 2.75) is 26.8 Å². The number of carbonyl (C=O) groups excluding carboxylic acids is 2. The van der Waals surface area contributed by atoms with Gasteiger partial charge in [0.1, 0.15) is 6.04 Å². The first-order valence-electron chi connectivity index (χ1n) is 7.90. The molecule has 0 spiro atoms. The van der Waals surface area contributed by atoms with Gasteiger partial charge in [0.05, 0.1) is 0 Å². The van der Waals surface area contributed by atoms with E-state index in [1.807, 2.05) is 50.2 Å². The molecular weight excluding hydrogens is 300 g/mol. The predicted molar refractivity (Wildman–Crippen MR) is 95.7 cm³/mol. The third-order valence-electron chi connectivity index (χ3n) is 4.40. The topological polar surface area (TPSA) is 49.4 Å². The summed E-state index contributed by atoms with van der Waals surface area (Å²) in [4.78, 5) is 26.7. The minimum absolute atomic E-state index is 0.181. The highest BCUT2D eigenvalue weighted by atomic mass is 16.2. The highest BCUT2D eigenvalue weighted by molar-refractivity contribution is 6.12. The van der Waals surface area contributed by atoms with Crippen molar-refractivity contribution in [1.82, 2.24) is 4.90 Å². The molecule has 1 heterocycles. The Morgan fingerprint density at radius 1 is 1.12 bits per heavy atom. The number of aryl methyl sites for hydroxylation is 2. The number of hydrogen-bond donors (Lipinski definition) is 1. The van der Waals surface area contributed by atoms with Crippen molar-refractivity contribution in [3.8, 4) is 0 Å². The Morgan fingerprint density at radius 3 is 2.46 bits per heavy atom. The average Bonchev–Trinajstić information content (AvgIpc) is 2.82. The summed E-state index contributed by atoms with van der Waals surface area (Å²) in [5.74, 6) is -0.412. The van der Waals surface area contributed by atoms with Crippen LogP contribution in [-0.4, -0.2) is 22.8 Å². The lowest BCUT2D eigenvalue weighted by molar-refractivity contribution is -0.119. The summed E-state index contributed by atoms with van der Waals surface area (Å²) in [5, 5.41) is 2.92. The van der Waals surface area contributed by atoms with Crippen LogP contribution in [0.1, 0.15) is 34.0 Å². The minimum atomic E-state index is -0.641. The van der Waals surface area contributed by atoms with E-state index < -0.39 is 6.04 Å². The van der Waals surface area contributed by atoms with Crippen LogP contribution in [0.2, 0.25) is 0 Å². The second kappa shape index (κ2) is 5.96. The van der Waals surface area contributed by atoms with Crippen LogP contribution in [0.15, 0.2) is 49.0 Å². The normalized spacial score (nSPS) is 14.5. The Labute approximate surface area is 141 Å². The fourth-order valence-electron chi connectivity index (χ4n) is 2.94. The van der Waals surface area contributed by atoms with E-state index in [0.29, 0.717) is 11.3 Å². The third-order valence-corrected chi connectivity index (χ3v) is 4.40. The van der Waals surface area contributed by atoms with Gasteiger partial charge in [-0.3, -0.25) is 14.5 Å². The maximum absolute atomic E-state index is 12.7. The SMILES string of the molecule is C=C1c2ccccc2C(=O)N1[C@H](C)C(=O)Nc1cc(C)ccc1C. The van der Waals surface area contributed by atoms with Crippen molar-refractivity contribution >= 4 is 23.2 Å². The number of fused-ring (bicyclic) bond motifs is 1. The highest BCUT2D eigenvalue weighted by Crippen LogP contribution is 2.33. The van der Waals surface area contributed by atoms with Crippen molar-refractivity contribution < 1.29 is 9.59 Å². The number of carbonyl (C=O) groups is 2. The molecule has 4 heteroatoms. The van der Waals surface area contributed by atoms with Crippen molar-refractivity contribution in [2.75, 3.05) is 5.32 Å². The van der Waals surface area contributed by atoms with E-state index in [1.54, 1.807) is 13.0 Å². The van der Waals surface area contributed by atoms with Gasteiger partial charge in [-0.2, -0.15) is 0 Å². The molecular formula is C20H20N2O2. The van der Waals surface area contributed by atoms with E-state index in [9.17, 15) is 9.59 Å². The zero-order valence-corrected chi connectivity index (χ0v) is 14.1. The van der Waals surface area contributed by atoms with Gasteiger partial charge >= 0.3 is 0 Å². The van der Waals surface area contributed by atoms with Gasteiger partial charge in [0.2, 0.25) is 5.91 Å². The monoisotopic (exact) mass is 320 g/mol. The molecule has 1 aliphatic heterocycles. The van der Waals surface area contributed by atoms with Crippen LogP contribution in [-0.2, 0) is 4.79 Å². The van der Waals surface area contributed by atoms with Gasteiger partial charge in [0, 0.05) is 22.5 Å². The molecule has 24 heavy (non-hydrogen) atoms. The van der Waals surface area contributed by atoms with Gasteiger partial charge in [-0.1, -0.05) is 36.9 Å². The molecule has 0 saturated heterocycles. The smallest absolute Gasteiger partial charge is 0.259 e. The molecule has 1 N–H and O–H groups in total. The molecule has 0 bridgehead atoms. The molecule has 0 aliphatic carbocycles. The number of nitrogens with one attached hydrogen (secondary N) is 1. The summed E-state index contributed by atoms with van der Waals surface area (Å²) in [6, 6.07) is 12.5. The fourth-order valence-corrected chi connectivity index (χ4v) is 2.94. The number of anilines is 1. The Hall–Kier alpha value is -2.88. The number of rotatable bonds is 3. The number of nitrogens with zero attached hydrogens (tertiary/aromatic N) is 1. The largest absolute Gasteiger partial charge is 0.324 e. The number of hydrogen-bond acceptors (Lipinski definition) is 2. The van der Waals surface area contributed by atoms with E-state index in [2.05, 4.69) is 11.9 Å². The molecule has 0 aromatic heterocycles. The molecule has 0 fully saturated rings. The summed E-state index contributed by atoms with van der Waals surface area (Å²) in [6.45, 7) is 9.63. The average molecular weight is 320 g/mol. The third kappa shape index (κ3) is 2.60. The van der Waals surface area contributed by atoms with Crippen molar-refractivity contribution in [2.24, 2.45) is 0 Å². The van der Waals surface area contributed by atoms with Gasteiger partial charge in [0.25, 0.3) is 5.91 Å². The van der Waals surface area contributed by atoms with Crippen molar-refractivity contribution in [1.29, 1.82) is 0 Å². The Morgan fingerprint density at radius 2 is 1.79 bits per heavy atom. The fraction of sp³-hybridized carbons (Fsp3) is 0.200. The van der Waals surface area contributed by atoms with E-state index >= 15 is 0 Å². The lowest BCUT2D eigenvalue weighted by atomic mass is 10.1. The molecule has 0 unspecified atom stereocenters. The summed E-state index contributed by atoms with van der Waals surface area (Å²) >= 11 is 0. The molecule has 2 aromatic rings. The summed E-state index contributed by atoms with van der Waals surface area (Å²) < 4.78 is 0. The first kappa shape index (κ1) is 16.0. The van der Waals surface area contributed by atoms with Crippen LogP contribution in [0.3, 0.4) is 0 Å². The molecule has 1 aliphatic rings. The lowest BCUT2D eigenvalue weighted by Crippen LogP contribution is -2.41. The van der Waals surface area contributed by atoms with Crippen LogP contribution in [0.25, 0.3) is 5.70 Å². The van der Waals surface area contributed by atoms with Crippen LogP contribution < -0.4 is 5.32 Å². The molecule has 4 nitrogen and oxygen atoms in total. The standard InChI is InChI=1S/C20H20N2O2/c1-12-9-10-13(2)18(11-12)21-19(23)15(4)22-14(3)16-7-5-6-8-17(16)20(22)24/h5-11,15H,3H2,1-2,4H3,(H,21,23)/t15-/m1/s1. The number of benzene rings is 2. The predicted octanol–water partition coefficient (Wildman–Crippen LogP) is 3.76. The van der Waals surface area contributed by atoms with E-state index in [1.165, 1.54) is 4.90 Å². The summed E-state index contributed by atoms with van der Waals surface area (Å²) in [6.07, 6.45) is 0. The molecule has 1 atom stereocenters. The van der Waals surface area contributed by atoms with Gasteiger partial charge in [-0.05, 0) is 44.0 Å². The molecule has 2 amide bonds. The maximum Gasteiger partial charge on any atom is 0.259 e. The second-order valence-electron chi connectivity index (χ2n) is 6.15. The van der Waals surface area contributed by atoms with E-state index in [-0.39, 0.29) is 11.8 Å².